The molecule has 1 N–H and O–H groups in total. The summed E-state index contributed by atoms with van der Waals surface area (Å²) in [5.74, 6) is -0.536. The molecule has 1 aromatic rings. The van der Waals surface area contributed by atoms with Crippen molar-refractivity contribution in [2.75, 3.05) is 5.32 Å². The first-order valence-electron chi connectivity index (χ1n) is 5.29. The molecular formula is C11H13FN2O2. The van der Waals surface area contributed by atoms with Crippen molar-refractivity contribution in [3.05, 3.63) is 33.6 Å². The first-order valence-corrected chi connectivity index (χ1v) is 5.29. The third-order valence-corrected chi connectivity index (χ3v) is 2.94. The fourth-order valence-electron chi connectivity index (χ4n) is 1.71. The summed E-state index contributed by atoms with van der Waals surface area (Å²) in [4.78, 5) is 10.2. The molecule has 86 valence electrons. The summed E-state index contributed by atoms with van der Waals surface area (Å²) in [5.41, 5.74) is 0.663. The largest absolute Gasteiger partial charge is 0.377 e. The molecule has 0 heterocycles. The Morgan fingerprint density at radius 1 is 1.50 bits per heavy atom. The van der Waals surface area contributed by atoms with Crippen LogP contribution in [0.25, 0.3) is 0 Å². The molecule has 1 aromatic carbocycles. The molecule has 0 bridgehead atoms. The topological polar surface area (TPSA) is 55.2 Å². The molecule has 1 aliphatic rings. The maximum atomic E-state index is 13.2. The molecular weight excluding hydrogens is 211 g/mol. The van der Waals surface area contributed by atoms with E-state index < -0.39 is 10.7 Å². The second-order valence-electron chi connectivity index (χ2n) is 4.15. The van der Waals surface area contributed by atoms with Gasteiger partial charge in [-0.25, -0.2) is 4.39 Å². The van der Waals surface area contributed by atoms with E-state index in [1.807, 2.05) is 0 Å². The average Bonchev–Trinajstić information content (AvgIpc) is 2.16. The molecule has 0 unspecified atom stereocenters. The second-order valence-corrected chi connectivity index (χ2v) is 4.15. The van der Waals surface area contributed by atoms with Gasteiger partial charge in [0, 0.05) is 6.04 Å². The van der Waals surface area contributed by atoms with Crippen LogP contribution in [0, 0.1) is 22.9 Å². The van der Waals surface area contributed by atoms with Gasteiger partial charge in [-0.2, -0.15) is 0 Å². The molecule has 0 spiro atoms. The van der Waals surface area contributed by atoms with Crippen LogP contribution in [0.2, 0.25) is 0 Å². The van der Waals surface area contributed by atoms with Crippen molar-refractivity contribution in [1.29, 1.82) is 0 Å². The zero-order valence-corrected chi connectivity index (χ0v) is 9.00. The summed E-state index contributed by atoms with van der Waals surface area (Å²) in [6, 6.07) is 2.78. The highest BCUT2D eigenvalue weighted by atomic mass is 19.1. The molecule has 1 aliphatic carbocycles. The molecule has 0 saturated heterocycles. The van der Waals surface area contributed by atoms with Crippen molar-refractivity contribution in [3.8, 4) is 0 Å². The van der Waals surface area contributed by atoms with Gasteiger partial charge in [0.2, 0.25) is 0 Å². The van der Waals surface area contributed by atoms with Gasteiger partial charge in [-0.15, -0.1) is 0 Å². The van der Waals surface area contributed by atoms with Gasteiger partial charge < -0.3 is 5.32 Å². The van der Waals surface area contributed by atoms with Crippen molar-refractivity contribution in [2.45, 2.75) is 32.2 Å². The van der Waals surface area contributed by atoms with Gasteiger partial charge in [0.1, 0.15) is 11.5 Å². The Labute approximate surface area is 92.6 Å². The minimum absolute atomic E-state index is 0.185. The van der Waals surface area contributed by atoms with E-state index in [-0.39, 0.29) is 5.69 Å². The van der Waals surface area contributed by atoms with Gasteiger partial charge in [0.15, 0.2) is 0 Å². The number of nitro benzene ring substituents is 1. The lowest BCUT2D eigenvalue weighted by Crippen LogP contribution is -2.27. The maximum absolute atomic E-state index is 13.2. The Hall–Kier alpha value is -1.65. The minimum atomic E-state index is -0.552. The predicted octanol–water partition coefficient (Wildman–Crippen LogP) is 3.01. The lowest BCUT2D eigenvalue weighted by atomic mass is 9.93. The fraction of sp³-hybridized carbons (Fsp3) is 0.455. The van der Waals surface area contributed by atoms with E-state index in [1.165, 1.54) is 6.07 Å². The molecule has 16 heavy (non-hydrogen) atoms. The number of nitrogens with one attached hydrogen (secondary N) is 1. The number of halogens is 1. The van der Waals surface area contributed by atoms with Crippen LogP contribution in [0.5, 0.6) is 0 Å². The van der Waals surface area contributed by atoms with Crippen LogP contribution in [0.1, 0.15) is 24.8 Å². The quantitative estimate of drug-likeness (QED) is 0.634. The molecule has 0 radical (unpaired) electrons. The number of anilines is 1. The summed E-state index contributed by atoms with van der Waals surface area (Å²) >= 11 is 0. The zero-order chi connectivity index (χ0) is 11.7. The number of hydrogen-bond donors (Lipinski definition) is 1. The highest BCUT2D eigenvalue weighted by molar-refractivity contribution is 5.63. The van der Waals surface area contributed by atoms with Gasteiger partial charge in [-0.1, -0.05) is 0 Å². The van der Waals surface area contributed by atoms with Gasteiger partial charge in [0.25, 0.3) is 5.69 Å². The summed E-state index contributed by atoms with van der Waals surface area (Å²) in [5, 5.41) is 13.9. The van der Waals surface area contributed by atoms with E-state index in [0.717, 1.165) is 25.3 Å². The Balaban J connectivity index is 2.32. The van der Waals surface area contributed by atoms with E-state index in [1.54, 1.807) is 6.92 Å². The van der Waals surface area contributed by atoms with Gasteiger partial charge in [-0.3, -0.25) is 10.1 Å². The number of nitro groups is 1. The highest BCUT2D eigenvalue weighted by Gasteiger charge is 2.22. The molecule has 4 nitrogen and oxygen atoms in total. The van der Waals surface area contributed by atoms with Gasteiger partial charge in [0.05, 0.1) is 11.0 Å². The van der Waals surface area contributed by atoms with Crippen LogP contribution < -0.4 is 5.32 Å². The zero-order valence-electron chi connectivity index (χ0n) is 9.00. The van der Waals surface area contributed by atoms with E-state index in [9.17, 15) is 14.5 Å². The maximum Gasteiger partial charge on any atom is 0.295 e. The van der Waals surface area contributed by atoms with E-state index >= 15 is 0 Å². The molecule has 0 amide bonds. The number of benzene rings is 1. The monoisotopic (exact) mass is 224 g/mol. The predicted molar refractivity (Wildman–Crippen MR) is 59.1 cm³/mol. The standard InChI is InChI=1S/C11H13FN2O2/c1-7-5-10(13-8-3-2-4-8)11(14(15)16)6-9(7)12/h5-6,8,13H,2-4H2,1H3. The molecule has 0 aromatic heterocycles. The third kappa shape index (κ3) is 1.98. The number of rotatable bonds is 3. The molecule has 1 saturated carbocycles. The van der Waals surface area contributed by atoms with E-state index in [0.29, 0.717) is 17.3 Å². The summed E-state index contributed by atoms with van der Waals surface area (Å²) < 4.78 is 13.2. The summed E-state index contributed by atoms with van der Waals surface area (Å²) in [6.45, 7) is 1.60. The van der Waals surface area contributed by atoms with Crippen LogP contribution in [0.15, 0.2) is 12.1 Å². The molecule has 2 rings (SSSR count). The first-order chi connectivity index (χ1) is 7.58. The lowest BCUT2D eigenvalue weighted by molar-refractivity contribution is -0.384. The van der Waals surface area contributed by atoms with Gasteiger partial charge >= 0.3 is 0 Å². The van der Waals surface area contributed by atoms with Crippen molar-refractivity contribution in [3.63, 3.8) is 0 Å². The highest BCUT2D eigenvalue weighted by Crippen LogP contribution is 2.31. The lowest BCUT2D eigenvalue weighted by Gasteiger charge is -2.27. The molecule has 0 atom stereocenters. The van der Waals surface area contributed by atoms with Crippen molar-refractivity contribution in [1.82, 2.24) is 0 Å². The van der Waals surface area contributed by atoms with Crippen LogP contribution in [0.4, 0.5) is 15.8 Å². The molecule has 1 fully saturated rings. The second kappa shape index (κ2) is 4.08. The van der Waals surface area contributed by atoms with Crippen LogP contribution >= 0.6 is 0 Å². The van der Waals surface area contributed by atoms with Crippen molar-refractivity contribution < 1.29 is 9.31 Å². The normalized spacial score (nSPS) is 15.6. The third-order valence-electron chi connectivity index (χ3n) is 2.94. The van der Waals surface area contributed by atoms with E-state index in [2.05, 4.69) is 5.32 Å². The number of nitrogens with zero attached hydrogens (tertiary/aromatic N) is 1. The fourth-order valence-corrected chi connectivity index (χ4v) is 1.71. The summed E-state index contributed by atoms with van der Waals surface area (Å²) in [7, 11) is 0. The molecule has 0 aliphatic heterocycles. The minimum Gasteiger partial charge on any atom is -0.377 e. The number of aryl methyl sites for hydroxylation is 1. The Morgan fingerprint density at radius 2 is 2.19 bits per heavy atom. The van der Waals surface area contributed by atoms with Crippen molar-refractivity contribution in [2.24, 2.45) is 0 Å². The van der Waals surface area contributed by atoms with Crippen LogP contribution in [0.3, 0.4) is 0 Å². The smallest absolute Gasteiger partial charge is 0.295 e. The van der Waals surface area contributed by atoms with Crippen LogP contribution in [-0.2, 0) is 0 Å². The first kappa shape index (κ1) is 10.9. The SMILES string of the molecule is Cc1cc(NC2CCC2)c([N+](=O)[O-])cc1F. The van der Waals surface area contributed by atoms with E-state index in [4.69, 9.17) is 0 Å². The number of hydrogen-bond acceptors (Lipinski definition) is 3. The Bertz CT molecular complexity index is 430. The average molecular weight is 224 g/mol. The molecule has 5 heteroatoms. The summed E-state index contributed by atoms with van der Waals surface area (Å²) in [6.07, 6.45) is 3.19. The Kier molecular flexibility index (Phi) is 2.77. The van der Waals surface area contributed by atoms with Gasteiger partial charge in [-0.05, 0) is 37.8 Å². The van der Waals surface area contributed by atoms with Crippen LogP contribution in [-0.4, -0.2) is 11.0 Å². The van der Waals surface area contributed by atoms with Crippen molar-refractivity contribution >= 4 is 11.4 Å². The Morgan fingerprint density at radius 3 is 2.69 bits per heavy atom.